The molecule has 0 saturated carbocycles. The number of hydrogen-bond donors (Lipinski definition) is 2. The minimum absolute atomic E-state index is 0.00326. The Kier molecular flexibility index (Phi) is 6.22. The van der Waals surface area contributed by atoms with Crippen molar-refractivity contribution in [2.75, 3.05) is 5.32 Å². The highest BCUT2D eigenvalue weighted by Gasteiger charge is 2.14. The van der Waals surface area contributed by atoms with Crippen molar-refractivity contribution < 1.29 is 4.39 Å². The number of hydrogen-bond acceptors (Lipinski definition) is 1. The van der Waals surface area contributed by atoms with Gasteiger partial charge in [-0.1, -0.05) is 48.3 Å². The molecular weight excluding hydrogens is 354 g/mol. The number of aryl methyl sites for hydroxylation is 1. The van der Waals surface area contributed by atoms with Gasteiger partial charge in [0, 0.05) is 10.7 Å². The molecule has 2 nitrogen and oxygen atoms in total. The van der Waals surface area contributed by atoms with Crippen LogP contribution in [0.3, 0.4) is 0 Å². The van der Waals surface area contributed by atoms with Gasteiger partial charge in [0.25, 0.3) is 0 Å². The van der Waals surface area contributed by atoms with Crippen molar-refractivity contribution in [2.45, 2.75) is 26.3 Å². The van der Waals surface area contributed by atoms with Gasteiger partial charge in [-0.25, -0.2) is 4.39 Å². The first-order valence-electron chi connectivity index (χ1n) is 7.22. The molecule has 23 heavy (non-hydrogen) atoms. The van der Waals surface area contributed by atoms with Crippen LogP contribution in [-0.2, 0) is 6.42 Å². The van der Waals surface area contributed by atoms with Crippen LogP contribution in [0.2, 0.25) is 10.0 Å². The van der Waals surface area contributed by atoms with E-state index in [1.807, 2.05) is 31.2 Å². The molecule has 2 rings (SSSR count). The van der Waals surface area contributed by atoms with Gasteiger partial charge in [-0.3, -0.25) is 0 Å². The van der Waals surface area contributed by atoms with Crippen LogP contribution < -0.4 is 10.6 Å². The summed E-state index contributed by atoms with van der Waals surface area (Å²) in [4.78, 5) is 0. The Balaban J connectivity index is 2.09. The number of halogens is 3. The standard InChI is InChI=1S/C17H17Cl2FN2S/c1-3-11-6-4-5-7-16(11)22-17(23)21-10(2)12-8-15(20)14(19)9-13(12)18/h4-10H,3H2,1-2H3,(H2,21,22,23)/t10-/m1/s1. The highest BCUT2D eigenvalue weighted by Crippen LogP contribution is 2.28. The molecule has 0 unspecified atom stereocenters. The van der Waals surface area contributed by atoms with E-state index in [9.17, 15) is 4.39 Å². The van der Waals surface area contributed by atoms with E-state index in [-0.39, 0.29) is 11.1 Å². The first-order valence-corrected chi connectivity index (χ1v) is 8.38. The summed E-state index contributed by atoms with van der Waals surface area (Å²) in [7, 11) is 0. The first-order chi connectivity index (χ1) is 10.9. The number of rotatable bonds is 4. The first kappa shape index (κ1) is 18.0. The molecule has 2 aromatic carbocycles. The van der Waals surface area contributed by atoms with E-state index >= 15 is 0 Å². The van der Waals surface area contributed by atoms with Gasteiger partial charge < -0.3 is 10.6 Å². The van der Waals surface area contributed by atoms with E-state index in [0.29, 0.717) is 15.7 Å². The van der Waals surface area contributed by atoms with Crippen LogP contribution in [0.15, 0.2) is 36.4 Å². The number of thiocarbonyl (C=S) groups is 1. The molecule has 0 amide bonds. The average molecular weight is 371 g/mol. The van der Waals surface area contributed by atoms with Crippen molar-refractivity contribution >= 4 is 46.2 Å². The van der Waals surface area contributed by atoms with Crippen molar-refractivity contribution in [1.29, 1.82) is 0 Å². The summed E-state index contributed by atoms with van der Waals surface area (Å²) in [6, 6.07) is 10.4. The summed E-state index contributed by atoms with van der Waals surface area (Å²) < 4.78 is 13.6. The molecule has 0 aliphatic carbocycles. The van der Waals surface area contributed by atoms with Crippen LogP contribution in [0.5, 0.6) is 0 Å². The maximum atomic E-state index is 13.6. The minimum atomic E-state index is -0.505. The lowest BCUT2D eigenvalue weighted by atomic mass is 10.1. The topological polar surface area (TPSA) is 24.1 Å². The molecule has 122 valence electrons. The fourth-order valence-electron chi connectivity index (χ4n) is 2.25. The number of benzene rings is 2. The third-order valence-electron chi connectivity index (χ3n) is 3.50. The van der Waals surface area contributed by atoms with Crippen molar-refractivity contribution in [2.24, 2.45) is 0 Å². The normalized spacial score (nSPS) is 11.9. The summed E-state index contributed by atoms with van der Waals surface area (Å²) in [6.45, 7) is 3.93. The summed E-state index contributed by atoms with van der Waals surface area (Å²) in [5.74, 6) is -0.505. The molecule has 0 aromatic heterocycles. The SMILES string of the molecule is CCc1ccccc1NC(=S)N[C@H](C)c1cc(F)c(Cl)cc1Cl. The van der Waals surface area contributed by atoms with E-state index in [1.165, 1.54) is 17.7 Å². The zero-order valence-electron chi connectivity index (χ0n) is 12.8. The van der Waals surface area contributed by atoms with Gasteiger partial charge in [0.1, 0.15) is 5.82 Å². The van der Waals surface area contributed by atoms with Crippen LogP contribution in [0.4, 0.5) is 10.1 Å². The fourth-order valence-corrected chi connectivity index (χ4v) is 3.09. The Bertz CT molecular complexity index is 722. The van der Waals surface area contributed by atoms with E-state index in [1.54, 1.807) is 0 Å². The van der Waals surface area contributed by atoms with Crippen LogP contribution in [-0.4, -0.2) is 5.11 Å². The Morgan fingerprint density at radius 1 is 1.22 bits per heavy atom. The highest BCUT2D eigenvalue weighted by atomic mass is 35.5. The molecule has 0 saturated heterocycles. The Morgan fingerprint density at radius 3 is 2.61 bits per heavy atom. The summed E-state index contributed by atoms with van der Waals surface area (Å²) in [6.07, 6.45) is 0.898. The van der Waals surface area contributed by atoms with E-state index in [4.69, 9.17) is 35.4 Å². The molecule has 6 heteroatoms. The van der Waals surface area contributed by atoms with Gasteiger partial charge in [0.15, 0.2) is 5.11 Å². The molecule has 0 bridgehead atoms. The minimum Gasteiger partial charge on any atom is -0.356 e. The summed E-state index contributed by atoms with van der Waals surface area (Å²) in [5.41, 5.74) is 2.72. The molecule has 2 aromatic rings. The fraction of sp³-hybridized carbons (Fsp3) is 0.235. The van der Waals surface area contributed by atoms with E-state index in [2.05, 4.69) is 17.6 Å². The maximum Gasteiger partial charge on any atom is 0.171 e. The number of nitrogens with one attached hydrogen (secondary N) is 2. The average Bonchev–Trinajstić information content (AvgIpc) is 2.51. The lowest BCUT2D eigenvalue weighted by Crippen LogP contribution is -2.31. The Labute approximate surface area is 151 Å². The van der Waals surface area contributed by atoms with E-state index < -0.39 is 5.82 Å². The van der Waals surface area contributed by atoms with Gasteiger partial charge in [0.05, 0.1) is 11.1 Å². The predicted molar refractivity (Wildman–Crippen MR) is 100 cm³/mol. The summed E-state index contributed by atoms with van der Waals surface area (Å²) in [5, 5.41) is 7.12. The van der Waals surface area contributed by atoms with Crippen LogP contribution in [0.25, 0.3) is 0 Å². The highest BCUT2D eigenvalue weighted by molar-refractivity contribution is 7.80. The molecule has 0 fully saturated rings. The largest absolute Gasteiger partial charge is 0.356 e. The zero-order chi connectivity index (χ0) is 17.0. The molecule has 0 aliphatic heterocycles. The van der Waals surface area contributed by atoms with Crippen LogP contribution in [0.1, 0.15) is 31.0 Å². The molecular formula is C17H17Cl2FN2S. The van der Waals surface area contributed by atoms with Crippen LogP contribution in [0, 0.1) is 5.82 Å². The second-order valence-corrected chi connectivity index (χ2v) is 6.34. The number of anilines is 1. The van der Waals surface area contributed by atoms with E-state index in [0.717, 1.165) is 12.1 Å². The predicted octanol–water partition coefficient (Wildman–Crippen LogP) is 5.74. The van der Waals surface area contributed by atoms with Crippen LogP contribution >= 0.6 is 35.4 Å². The van der Waals surface area contributed by atoms with Gasteiger partial charge in [-0.05, 0) is 54.9 Å². The molecule has 1 atom stereocenters. The number of para-hydroxylation sites is 1. The molecule has 0 aliphatic rings. The Morgan fingerprint density at radius 2 is 1.91 bits per heavy atom. The molecule has 0 spiro atoms. The molecule has 2 N–H and O–H groups in total. The smallest absolute Gasteiger partial charge is 0.171 e. The second kappa shape index (κ2) is 7.95. The third-order valence-corrected chi connectivity index (χ3v) is 4.34. The molecule has 0 heterocycles. The van der Waals surface area contributed by atoms with Crippen molar-refractivity contribution in [3.05, 3.63) is 63.4 Å². The Hall–Kier alpha value is -1.36. The second-order valence-electron chi connectivity index (χ2n) is 5.12. The lowest BCUT2D eigenvalue weighted by Gasteiger charge is -2.19. The lowest BCUT2D eigenvalue weighted by molar-refractivity contribution is 0.619. The van der Waals surface area contributed by atoms with Crippen molar-refractivity contribution in [3.63, 3.8) is 0 Å². The quantitative estimate of drug-likeness (QED) is 0.529. The maximum absolute atomic E-state index is 13.6. The van der Waals surface area contributed by atoms with Gasteiger partial charge in [0.2, 0.25) is 0 Å². The third kappa shape index (κ3) is 4.56. The van der Waals surface area contributed by atoms with Gasteiger partial charge in [-0.2, -0.15) is 0 Å². The van der Waals surface area contributed by atoms with Crippen molar-refractivity contribution in [1.82, 2.24) is 5.32 Å². The summed E-state index contributed by atoms with van der Waals surface area (Å²) >= 11 is 17.2. The van der Waals surface area contributed by atoms with Crippen molar-refractivity contribution in [3.8, 4) is 0 Å². The monoisotopic (exact) mass is 370 g/mol. The van der Waals surface area contributed by atoms with Gasteiger partial charge in [-0.15, -0.1) is 0 Å². The zero-order valence-corrected chi connectivity index (χ0v) is 15.1. The van der Waals surface area contributed by atoms with Gasteiger partial charge >= 0.3 is 0 Å². The molecule has 0 radical (unpaired) electrons.